The van der Waals surface area contributed by atoms with Crippen LogP contribution in [0.25, 0.3) is 5.69 Å². The average Bonchev–Trinajstić information content (AvgIpc) is 2.72. The molecule has 3 aromatic rings. The van der Waals surface area contributed by atoms with Crippen molar-refractivity contribution in [3.8, 4) is 11.4 Å². The van der Waals surface area contributed by atoms with Gasteiger partial charge in [-0.2, -0.15) is 5.10 Å². The summed E-state index contributed by atoms with van der Waals surface area (Å²) < 4.78 is 12.1. The van der Waals surface area contributed by atoms with Crippen LogP contribution in [0.3, 0.4) is 0 Å². The van der Waals surface area contributed by atoms with Crippen molar-refractivity contribution in [3.63, 3.8) is 0 Å². The second-order valence-corrected chi connectivity index (χ2v) is 6.40. The van der Waals surface area contributed by atoms with E-state index in [1.165, 1.54) is 24.8 Å². The number of ketones is 1. The molecular weight excluding hydrogens is 372 g/mol. The third-order valence-corrected chi connectivity index (χ3v) is 4.35. The molecule has 1 heterocycles. The standard InChI is InChI=1S/C22H20N2O5/c1-14-11-19(26)21(23-24(14)18-7-5-4-6-8-18)22(27)29-13-17-12-16(15(2)25)9-10-20(17)28-3/h4-12H,13H2,1-3H3. The Morgan fingerprint density at radius 1 is 1.07 bits per heavy atom. The third kappa shape index (κ3) is 4.40. The highest BCUT2D eigenvalue weighted by molar-refractivity contribution is 5.94. The molecule has 0 bridgehead atoms. The second-order valence-electron chi connectivity index (χ2n) is 6.40. The minimum absolute atomic E-state index is 0.119. The molecule has 148 valence electrons. The SMILES string of the molecule is COc1ccc(C(C)=O)cc1COC(=O)c1nn(-c2ccccc2)c(C)cc1=O. The number of hydrogen-bond donors (Lipinski definition) is 0. The first-order valence-electron chi connectivity index (χ1n) is 8.92. The van der Waals surface area contributed by atoms with E-state index in [1.807, 2.05) is 30.3 Å². The summed E-state index contributed by atoms with van der Waals surface area (Å²) in [5, 5.41) is 4.19. The van der Waals surface area contributed by atoms with Crippen LogP contribution < -0.4 is 10.2 Å². The molecule has 1 aromatic heterocycles. The number of Topliss-reactive ketones (excluding diaryl/α,β-unsaturated/α-hetero) is 1. The maximum absolute atomic E-state index is 12.5. The summed E-state index contributed by atoms with van der Waals surface area (Å²) in [5.74, 6) is -0.498. The number of methoxy groups -OCH3 is 1. The predicted molar refractivity (Wildman–Crippen MR) is 107 cm³/mol. The molecule has 0 fully saturated rings. The van der Waals surface area contributed by atoms with Crippen LogP contribution in [0.1, 0.15) is 39.0 Å². The summed E-state index contributed by atoms with van der Waals surface area (Å²) in [6.45, 7) is 3.01. The smallest absolute Gasteiger partial charge is 0.363 e. The summed E-state index contributed by atoms with van der Waals surface area (Å²) >= 11 is 0. The van der Waals surface area contributed by atoms with Crippen LogP contribution in [0, 0.1) is 6.92 Å². The van der Waals surface area contributed by atoms with Crippen molar-refractivity contribution in [2.45, 2.75) is 20.5 Å². The number of para-hydroxylation sites is 1. The highest BCUT2D eigenvalue weighted by Gasteiger charge is 2.18. The lowest BCUT2D eigenvalue weighted by molar-refractivity contribution is 0.0459. The monoisotopic (exact) mass is 392 g/mol. The number of carbonyl (C=O) groups is 2. The molecule has 0 N–H and O–H groups in total. The third-order valence-electron chi connectivity index (χ3n) is 4.35. The van der Waals surface area contributed by atoms with Gasteiger partial charge in [0.05, 0.1) is 12.8 Å². The first-order valence-corrected chi connectivity index (χ1v) is 8.92. The number of nitrogens with zero attached hydrogens (tertiary/aromatic N) is 2. The fourth-order valence-electron chi connectivity index (χ4n) is 2.84. The number of hydrogen-bond acceptors (Lipinski definition) is 6. The number of carbonyl (C=O) groups excluding carboxylic acids is 2. The number of esters is 1. The van der Waals surface area contributed by atoms with Gasteiger partial charge in [-0.15, -0.1) is 0 Å². The van der Waals surface area contributed by atoms with Gasteiger partial charge in [0.1, 0.15) is 12.4 Å². The largest absolute Gasteiger partial charge is 0.496 e. The number of ether oxygens (including phenoxy) is 2. The number of rotatable bonds is 6. The predicted octanol–water partition coefficient (Wildman–Crippen LogP) is 3.11. The quantitative estimate of drug-likeness (QED) is 0.473. The Morgan fingerprint density at radius 2 is 1.79 bits per heavy atom. The molecule has 2 aromatic carbocycles. The van der Waals surface area contributed by atoms with E-state index < -0.39 is 11.4 Å². The van der Waals surface area contributed by atoms with Gasteiger partial charge in [-0.3, -0.25) is 9.59 Å². The van der Waals surface area contributed by atoms with Gasteiger partial charge in [0.15, 0.2) is 5.78 Å². The molecule has 0 amide bonds. The molecule has 7 heteroatoms. The van der Waals surface area contributed by atoms with Gasteiger partial charge in [0, 0.05) is 22.9 Å². The summed E-state index contributed by atoms with van der Waals surface area (Å²) in [6, 6.07) is 15.4. The molecule has 0 saturated carbocycles. The lowest BCUT2D eigenvalue weighted by atomic mass is 10.1. The Labute approximate surface area is 167 Å². The van der Waals surface area contributed by atoms with Crippen LogP contribution >= 0.6 is 0 Å². The zero-order chi connectivity index (χ0) is 21.0. The molecule has 0 aliphatic carbocycles. The maximum atomic E-state index is 12.5. The Hall–Kier alpha value is -3.74. The average molecular weight is 392 g/mol. The molecule has 7 nitrogen and oxygen atoms in total. The highest BCUT2D eigenvalue weighted by Crippen LogP contribution is 2.21. The van der Waals surface area contributed by atoms with E-state index >= 15 is 0 Å². The van der Waals surface area contributed by atoms with Crippen molar-refractivity contribution in [2.24, 2.45) is 0 Å². The number of aromatic nitrogens is 2. The highest BCUT2D eigenvalue weighted by atomic mass is 16.5. The van der Waals surface area contributed by atoms with E-state index in [-0.39, 0.29) is 18.1 Å². The molecule has 0 aliphatic heterocycles. The van der Waals surface area contributed by atoms with E-state index in [2.05, 4.69) is 5.10 Å². The van der Waals surface area contributed by atoms with Gasteiger partial charge in [0.25, 0.3) is 0 Å². The Morgan fingerprint density at radius 3 is 2.45 bits per heavy atom. The summed E-state index contributed by atoms with van der Waals surface area (Å²) in [5.41, 5.74) is 1.45. The van der Waals surface area contributed by atoms with Crippen LogP contribution in [-0.4, -0.2) is 28.6 Å². The molecule has 3 rings (SSSR count). The zero-order valence-corrected chi connectivity index (χ0v) is 16.3. The zero-order valence-electron chi connectivity index (χ0n) is 16.3. The fraction of sp³-hybridized carbons (Fsp3) is 0.182. The molecule has 0 saturated heterocycles. The fourth-order valence-corrected chi connectivity index (χ4v) is 2.84. The molecule has 0 radical (unpaired) electrons. The summed E-state index contributed by atoms with van der Waals surface area (Å²) in [7, 11) is 1.48. The molecule has 0 spiro atoms. The van der Waals surface area contributed by atoms with E-state index in [4.69, 9.17) is 9.47 Å². The molecule has 0 aliphatic rings. The van der Waals surface area contributed by atoms with Crippen molar-refractivity contribution in [3.05, 3.63) is 87.3 Å². The van der Waals surface area contributed by atoms with E-state index in [0.29, 0.717) is 22.6 Å². The molecular formula is C22H20N2O5. The van der Waals surface area contributed by atoms with Gasteiger partial charge in [-0.25, -0.2) is 9.48 Å². The van der Waals surface area contributed by atoms with Crippen molar-refractivity contribution in [1.82, 2.24) is 9.78 Å². The number of aryl methyl sites for hydroxylation is 1. The molecule has 29 heavy (non-hydrogen) atoms. The first-order chi connectivity index (χ1) is 13.9. The van der Waals surface area contributed by atoms with Crippen molar-refractivity contribution in [1.29, 1.82) is 0 Å². The summed E-state index contributed by atoms with van der Waals surface area (Å²) in [6.07, 6.45) is 0. The van der Waals surface area contributed by atoms with Gasteiger partial charge >= 0.3 is 5.97 Å². The Balaban J connectivity index is 1.88. The normalized spacial score (nSPS) is 10.4. The van der Waals surface area contributed by atoms with Crippen LogP contribution in [0.2, 0.25) is 0 Å². The van der Waals surface area contributed by atoms with E-state index in [9.17, 15) is 14.4 Å². The lowest BCUT2D eigenvalue weighted by Gasteiger charge is -2.12. The van der Waals surface area contributed by atoms with Crippen molar-refractivity contribution >= 4 is 11.8 Å². The van der Waals surface area contributed by atoms with E-state index in [1.54, 1.807) is 25.1 Å². The van der Waals surface area contributed by atoms with Gasteiger partial charge in [0.2, 0.25) is 11.1 Å². The maximum Gasteiger partial charge on any atom is 0.363 e. The van der Waals surface area contributed by atoms with Crippen molar-refractivity contribution in [2.75, 3.05) is 7.11 Å². The van der Waals surface area contributed by atoms with Crippen molar-refractivity contribution < 1.29 is 19.1 Å². The number of benzene rings is 2. The first kappa shape index (κ1) is 20.0. The minimum Gasteiger partial charge on any atom is -0.496 e. The summed E-state index contributed by atoms with van der Waals surface area (Å²) in [4.78, 5) is 36.4. The molecule has 0 atom stereocenters. The van der Waals surface area contributed by atoms with Crippen LogP contribution in [0.5, 0.6) is 5.75 Å². The van der Waals surface area contributed by atoms with Crippen LogP contribution in [-0.2, 0) is 11.3 Å². The van der Waals surface area contributed by atoms with Crippen LogP contribution in [0.15, 0.2) is 59.4 Å². The van der Waals surface area contributed by atoms with Crippen LogP contribution in [0.4, 0.5) is 0 Å². The van der Waals surface area contributed by atoms with E-state index in [0.717, 1.165) is 5.69 Å². The van der Waals surface area contributed by atoms with Gasteiger partial charge in [-0.1, -0.05) is 18.2 Å². The van der Waals surface area contributed by atoms with Gasteiger partial charge < -0.3 is 9.47 Å². The second kappa shape index (κ2) is 8.52. The van der Waals surface area contributed by atoms with Gasteiger partial charge in [-0.05, 0) is 44.2 Å². The molecule has 0 unspecified atom stereocenters. The lowest BCUT2D eigenvalue weighted by Crippen LogP contribution is -2.24. The minimum atomic E-state index is -0.852. The Kier molecular flexibility index (Phi) is 5.87. The Bertz CT molecular complexity index is 1120. The topological polar surface area (TPSA) is 87.5 Å².